The number of esters is 1. The Hall–Kier alpha value is -0.299. The molecule has 0 saturated carbocycles. The standard InChI is InChI=1S/C16H36O6Si3/c1-13(2)16(19)20-15(14(18)12-17)10-11-25(9,21-23(3,4)5)22-24(6,7)8/h14-15,17-18H,1,10-12H2,2-9H3. The third-order valence-corrected chi connectivity index (χ3v) is 12.7. The minimum absolute atomic E-state index is 0.256. The molecule has 0 bridgehead atoms. The van der Waals surface area contributed by atoms with Gasteiger partial charge in [0.1, 0.15) is 12.2 Å². The molecule has 0 heterocycles. The SMILES string of the molecule is C=C(C)C(=O)OC(CC[Si](C)(O[Si](C)(C)C)O[Si](C)(C)C)C(O)CO. The van der Waals surface area contributed by atoms with Gasteiger partial charge in [0, 0.05) is 5.57 Å². The van der Waals surface area contributed by atoms with Gasteiger partial charge in [-0.2, -0.15) is 0 Å². The van der Waals surface area contributed by atoms with E-state index in [1.807, 2.05) is 6.55 Å². The van der Waals surface area contributed by atoms with Crippen LogP contribution >= 0.6 is 0 Å². The van der Waals surface area contributed by atoms with Gasteiger partial charge in [-0.1, -0.05) is 6.58 Å². The van der Waals surface area contributed by atoms with E-state index in [1.165, 1.54) is 0 Å². The van der Waals surface area contributed by atoms with Crippen molar-refractivity contribution in [1.29, 1.82) is 0 Å². The molecule has 0 aromatic heterocycles. The minimum atomic E-state index is -2.50. The Kier molecular flexibility index (Phi) is 9.47. The van der Waals surface area contributed by atoms with Gasteiger partial charge in [-0.05, 0) is 65.2 Å². The van der Waals surface area contributed by atoms with E-state index >= 15 is 0 Å². The number of carbonyl (C=O) groups is 1. The molecule has 0 saturated heterocycles. The lowest BCUT2D eigenvalue weighted by Gasteiger charge is -2.39. The molecule has 0 aromatic rings. The first-order valence-corrected chi connectivity index (χ1v) is 18.0. The Morgan fingerprint density at radius 2 is 1.48 bits per heavy atom. The Morgan fingerprint density at radius 1 is 1.04 bits per heavy atom. The topological polar surface area (TPSA) is 85.2 Å². The van der Waals surface area contributed by atoms with E-state index in [1.54, 1.807) is 6.92 Å². The number of aliphatic hydroxyl groups is 2. The van der Waals surface area contributed by atoms with Crippen molar-refractivity contribution >= 4 is 31.2 Å². The molecule has 148 valence electrons. The van der Waals surface area contributed by atoms with Crippen LogP contribution in [0.4, 0.5) is 0 Å². The van der Waals surface area contributed by atoms with Crippen LogP contribution in [0, 0.1) is 0 Å². The maximum absolute atomic E-state index is 11.8. The smallest absolute Gasteiger partial charge is 0.333 e. The van der Waals surface area contributed by atoms with Gasteiger partial charge in [-0.3, -0.25) is 0 Å². The molecule has 0 radical (unpaired) electrons. The Bertz CT molecular complexity index is 440. The number of hydrogen-bond acceptors (Lipinski definition) is 6. The Labute approximate surface area is 155 Å². The third kappa shape index (κ3) is 11.1. The van der Waals surface area contributed by atoms with Gasteiger partial charge in [0.05, 0.1) is 6.61 Å². The van der Waals surface area contributed by atoms with Gasteiger partial charge in [0.15, 0.2) is 16.6 Å². The number of hydrogen-bond donors (Lipinski definition) is 2. The molecule has 0 aliphatic carbocycles. The van der Waals surface area contributed by atoms with Crippen molar-refractivity contribution in [2.45, 2.75) is 77.4 Å². The summed E-state index contributed by atoms with van der Waals surface area (Å²) in [6.45, 7) is 19.4. The van der Waals surface area contributed by atoms with Gasteiger partial charge >= 0.3 is 14.5 Å². The van der Waals surface area contributed by atoms with Gasteiger partial charge in [0.25, 0.3) is 0 Å². The fourth-order valence-corrected chi connectivity index (χ4v) is 15.0. The minimum Gasteiger partial charge on any atom is -0.456 e. The van der Waals surface area contributed by atoms with E-state index in [2.05, 4.69) is 45.9 Å². The Morgan fingerprint density at radius 3 is 1.80 bits per heavy atom. The lowest BCUT2D eigenvalue weighted by atomic mass is 10.1. The number of aliphatic hydroxyl groups excluding tert-OH is 2. The van der Waals surface area contributed by atoms with Crippen LogP contribution in [0.2, 0.25) is 51.9 Å². The predicted molar refractivity (Wildman–Crippen MR) is 108 cm³/mol. The van der Waals surface area contributed by atoms with Crippen LogP contribution in [-0.4, -0.2) is 60.2 Å². The van der Waals surface area contributed by atoms with Crippen LogP contribution < -0.4 is 0 Å². The van der Waals surface area contributed by atoms with Crippen molar-refractivity contribution in [3.8, 4) is 0 Å². The lowest BCUT2D eigenvalue weighted by Crippen LogP contribution is -2.53. The molecule has 6 nitrogen and oxygen atoms in total. The summed E-state index contributed by atoms with van der Waals surface area (Å²) in [4.78, 5) is 11.8. The summed E-state index contributed by atoms with van der Waals surface area (Å²) in [5.41, 5.74) is 0.256. The highest BCUT2D eigenvalue weighted by Crippen LogP contribution is 2.27. The molecule has 0 rings (SSSR count). The van der Waals surface area contributed by atoms with E-state index in [4.69, 9.17) is 13.0 Å². The number of ether oxygens (including phenoxy) is 1. The van der Waals surface area contributed by atoms with E-state index in [0.717, 1.165) is 0 Å². The lowest BCUT2D eigenvalue weighted by molar-refractivity contribution is -0.151. The fourth-order valence-electron chi connectivity index (χ4n) is 2.51. The van der Waals surface area contributed by atoms with E-state index in [9.17, 15) is 15.0 Å². The average molecular weight is 409 g/mol. The van der Waals surface area contributed by atoms with Crippen LogP contribution in [0.25, 0.3) is 0 Å². The van der Waals surface area contributed by atoms with Crippen molar-refractivity contribution < 1.29 is 28.0 Å². The maximum atomic E-state index is 11.8. The van der Waals surface area contributed by atoms with Gasteiger partial charge in [0.2, 0.25) is 0 Å². The summed E-state index contributed by atoms with van der Waals surface area (Å²) in [7, 11) is -6.15. The van der Waals surface area contributed by atoms with Crippen LogP contribution in [0.3, 0.4) is 0 Å². The van der Waals surface area contributed by atoms with Gasteiger partial charge < -0.3 is 23.2 Å². The van der Waals surface area contributed by atoms with E-state index in [-0.39, 0.29) is 5.57 Å². The summed E-state index contributed by atoms with van der Waals surface area (Å²) in [6, 6.07) is 0.576. The second-order valence-corrected chi connectivity index (χ2v) is 21.4. The van der Waals surface area contributed by atoms with E-state index in [0.29, 0.717) is 12.5 Å². The van der Waals surface area contributed by atoms with Crippen LogP contribution in [0.1, 0.15) is 13.3 Å². The Balaban J connectivity index is 5.23. The van der Waals surface area contributed by atoms with Crippen molar-refractivity contribution in [3.05, 3.63) is 12.2 Å². The number of carbonyl (C=O) groups excluding carboxylic acids is 1. The summed E-state index contributed by atoms with van der Waals surface area (Å²) < 4.78 is 18.1. The molecule has 0 amide bonds. The first kappa shape index (κ1) is 24.7. The largest absolute Gasteiger partial charge is 0.456 e. The van der Waals surface area contributed by atoms with Gasteiger partial charge in [-0.25, -0.2) is 4.79 Å². The highest BCUT2D eigenvalue weighted by atomic mass is 28.5. The van der Waals surface area contributed by atoms with Crippen molar-refractivity contribution in [2.75, 3.05) is 6.61 Å². The molecule has 2 unspecified atom stereocenters. The molecular formula is C16H36O6Si3. The summed E-state index contributed by atoms with van der Waals surface area (Å²) in [5, 5.41) is 19.3. The zero-order valence-electron chi connectivity index (χ0n) is 17.0. The van der Waals surface area contributed by atoms with E-state index < -0.39 is 50.0 Å². The first-order valence-electron chi connectivity index (χ1n) is 8.64. The highest BCUT2D eigenvalue weighted by molar-refractivity contribution is 6.87. The van der Waals surface area contributed by atoms with Crippen molar-refractivity contribution in [2.24, 2.45) is 0 Å². The monoisotopic (exact) mass is 408 g/mol. The van der Waals surface area contributed by atoms with Crippen molar-refractivity contribution in [1.82, 2.24) is 0 Å². The molecule has 2 atom stereocenters. The van der Waals surface area contributed by atoms with Crippen molar-refractivity contribution in [3.63, 3.8) is 0 Å². The maximum Gasteiger partial charge on any atom is 0.333 e. The molecular weight excluding hydrogens is 372 g/mol. The van der Waals surface area contributed by atoms with Crippen LogP contribution in [0.5, 0.6) is 0 Å². The fraction of sp³-hybridized carbons (Fsp3) is 0.812. The second-order valence-electron chi connectivity index (χ2n) is 8.58. The second kappa shape index (κ2) is 9.58. The summed E-state index contributed by atoms with van der Waals surface area (Å²) >= 11 is 0. The van der Waals surface area contributed by atoms with Crippen LogP contribution in [-0.2, 0) is 17.8 Å². The zero-order chi connectivity index (χ0) is 20.1. The first-order chi connectivity index (χ1) is 11.1. The third-order valence-electron chi connectivity index (χ3n) is 3.15. The average Bonchev–Trinajstić information content (AvgIpc) is 2.37. The zero-order valence-corrected chi connectivity index (χ0v) is 20.0. The molecule has 0 aliphatic heterocycles. The van der Waals surface area contributed by atoms with Gasteiger partial charge in [-0.15, -0.1) is 0 Å². The quantitative estimate of drug-likeness (QED) is 0.310. The predicted octanol–water partition coefficient (Wildman–Crippen LogP) is 2.99. The molecule has 0 aliphatic rings. The summed E-state index contributed by atoms with van der Waals surface area (Å²) in [5.74, 6) is -0.571. The molecule has 25 heavy (non-hydrogen) atoms. The molecule has 0 spiro atoms. The normalized spacial score (nSPS) is 15.6. The summed E-state index contributed by atoms with van der Waals surface area (Å²) in [6.07, 6.45) is -1.57. The molecule has 0 aromatic carbocycles. The number of rotatable bonds is 11. The highest BCUT2D eigenvalue weighted by Gasteiger charge is 2.41. The molecule has 2 N–H and O–H groups in total. The van der Waals surface area contributed by atoms with Crippen LogP contribution in [0.15, 0.2) is 12.2 Å². The molecule has 9 heteroatoms. The molecule has 0 fully saturated rings.